The van der Waals surface area contributed by atoms with E-state index in [2.05, 4.69) is 20.9 Å². The van der Waals surface area contributed by atoms with Crippen molar-refractivity contribution in [2.75, 3.05) is 18.5 Å². The average molecular weight is 326 g/mol. The number of para-hydroxylation sites is 1. The van der Waals surface area contributed by atoms with Crippen LogP contribution < -0.4 is 4.74 Å². The van der Waals surface area contributed by atoms with Gasteiger partial charge in [-0.2, -0.15) is 0 Å². The molecule has 1 heterocycles. The van der Waals surface area contributed by atoms with Crippen molar-refractivity contribution in [3.63, 3.8) is 0 Å². The maximum Gasteiger partial charge on any atom is 0.358 e. The molecule has 0 fully saturated rings. The maximum absolute atomic E-state index is 11.9. The Morgan fingerprint density at radius 2 is 2.16 bits per heavy atom. The Bertz CT molecular complexity index is 565. The molecule has 0 unspecified atom stereocenters. The fraction of sp³-hybridized carbons (Fsp3) is 0.357. The van der Waals surface area contributed by atoms with E-state index in [4.69, 9.17) is 9.47 Å². The number of rotatable bonds is 6. The molecule has 0 saturated carbocycles. The van der Waals surface area contributed by atoms with E-state index in [9.17, 15) is 4.79 Å². The van der Waals surface area contributed by atoms with Gasteiger partial charge in [0, 0.05) is 16.2 Å². The van der Waals surface area contributed by atoms with Gasteiger partial charge in [0.1, 0.15) is 0 Å². The zero-order chi connectivity index (χ0) is 13.7. The molecule has 1 aromatic carbocycles. The summed E-state index contributed by atoms with van der Waals surface area (Å²) in [6.07, 6.45) is 0.877. The summed E-state index contributed by atoms with van der Waals surface area (Å²) in [5.41, 5.74) is 1.26. The van der Waals surface area contributed by atoms with Crippen molar-refractivity contribution < 1.29 is 14.3 Å². The van der Waals surface area contributed by atoms with Gasteiger partial charge in [-0.3, -0.25) is 0 Å². The molecule has 5 heteroatoms. The molecule has 102 valence electrons. The molecule has 0 saturated heterocycles. The number of alkyl halides is 1. The van der Waals surface area contributed by atoms with Crippen LogP contribution in [-0.4, -0.2) is 29.5 Å². The largest absolute Gasteiger partial charge is 0.490 e. The minimum Gasteiger partial charge on any atom is -0.490 e. The number of ether oxygens (including phenoxy) is 2. The van der Waals surface area contributed by atoms with Crippen LogP contribution in [0.2, 0.25) is 0 Å². The fourth-order valence-electron chi connectivity index (χ4n) is 1.84. The predicted molar refractivity (Wildman–Crippen MR) is 78.2 cm³/mol. The lowest BCUT2D eigenvalue weighted by Crippen LogP contribution is -2.08. The van der Waals surface area contributed by atoms with Gasteiger partial charge in [-0.25, -0.2) is 4.79 Å². The first-order valence-electron chi connectivity index (χ1n) is 6.24. The molecule has 0 spiro atoms. The van der Waals surface area contributed by atoms with Crippen molar-refractivity contribution in [1.29, 1.82) is 0 Å². The van der Waals surface area contributed by atoms with Gasteiger partial charge in [0.25, 0.3) is 0 Å². The van der Waals surface area contributed by atoms with Crippen LogP contribution >= 0.6 is 15.9 Å². The van der Waals surface area contributed by atoms with Gasteiger partial charge in [0.05, 0.1) is 13.2 Å². The lowest BCUT2D eigenvalue weighted by atomic mass is 10.2. The van der Waals surface area contributed by atoms with E-state index in [1.807, 2.05) is 24.3 Å². The number of nitrogens with one attached hydrogen (secondary N) is 1. The highest BCUT2D eigenvalue weighted by Crippen LogP contribution is 2.30. The standard InChI is InChI=1S/C14H16BrNO3/c1-2-18-14(17)12-13(19-9-5-8-15)10-6-3-4-7-11(10)16-12/h3-4,6-7,16H,2,5,8-9H2,1H3. The number of benzene rings is 1. The second-order valence-electron chi connectivity index (χ2n) is 3.99. The van der Waals surface area contributed by atoms with Crippen molar-refractivity contribution in [2.45, 2.75) is 13.3 Å². The third-order valence-corrected chi connectivity index (χ3v) is 3.22. The topological polar surface area (TPSA) is 51.3 Å². The average Bonchev–Trinajstić information content (AvgIpc) is 2.79. The van der Waals surface area contributed by atoms with Gasteiger partial charge in [0.2, 0.25) is 0 Å². The number of hydrogen-bond donors (Lipinski definition) is 1. The molecule has 4 nitrogen and oxygen atoms in total. The number of aromatic amines is 1. The van der Waals surface area contributed by atoms with Crippen LogP contribution in [0.5, 0.6) is 5.75 Å². The second kappa shape index (κ2) is 6.61. The second-order valence-corrected chi connectivity index (χ2v) is 4.78. The Balaban J connectivity index is 2.37. The minimum absolute atomic E-state index is 0.342. The number of aromatic nitrogens is 1. The van der Waals surface area contributed by atoms with Crippen LogP contribution in [0, 0.1) is 0 Å². The van der Waals surface area contributed by atoms with E-state index in [0.29, 0.717) is 24.7 Å². The Labute approximate surface area is 120 Å². The summed E-state index contributed by atoms with van der Waals surface area (Å²) >= 11 is 3.36. The Morgan fingerprint density at radius 3 is 2.89 bits per heavy atom. The molecule has 1 N–H and O–H groups in total. The zero-order valence-electron chi connectivity index (χ0n) is 10.7. The first kappa shape index (κ1) is 13.9. The van der Waals surface area contributed by atoms with Gasteiger partial charge in [-0.05, 0) is 25.5 Å². The van der Waals surface area contributed by atoms with Crippen molar-refractivity contribution in [3.8, 4) is 5.75 Å². The molecule has 0 aliphatic rings. The van der Waals surface area contributed by atoms with E-state index < -0.39 is 0 Å². The number of H-pyrrole nitrogens is 1. The molecule has 19 heavy (non-hydrogen) atoms. The number of carbonyl (C=O) groups is 1. The lowest BCUT2D eigenvalue weighted by Gasteiger charge is -2.06. The Kier molecular flexibility index (Phi) is 4.85. The van der Waals surface area contributed by atoms with Gasteiger partial charge in [0.15, 0.2) is 11.4 Å². The first-order valence-corrected chi connectivity index (χ1v) is 7.36. The van der Waals surface area contributed by atoms with E-state index in [0.717, 1.165) is 22.7 Å². The molecule has 2 rings (SSSR count). The quantitative estimate of drug-likeness (QED) is 0.502. The molecular formula is C14H16BrNO3. The molecule has 0 aliphatic carbocycles. The van der Waals surface area contributed by atoms with Crippen molar-refractivity contribution in [3.05, 3.63) is 30.0 Å². The monoisotopic (exact) mass is 325 g/mol. The van der Waals surface area contributed by atoms with Crippen LogP contribution in [0.3, 0.4) is 0 Å². The van der Waals surface area contributed by atoms with Gasteiger partial charge in [-0.1, -0.05) is 28.1 Å². The summed E-state index contributed by atoms with van der Waals surface area (Å²) in [4.78, 5) is 15.0. The fourth-order valence-corrected chi connectivity index (χ4v) is 2.07. The zero-order valence-corrected chi connectivity index (χ0v) is 12.3. The van der Waals surface area contributed by atoms with Crippen LogP contribution in [0.25, 0.3) is 10.9 Å². The predicted octanol–water partition coefficient (Wildman–Crippen LogP) is 3.51. The number of esters is 1. The Morgan fingerprint density at radius 1 is 1.37 bits per heavy atom. The normalized spacial score (nSPS) is 10.6. The van der Waals surface area contributed by atoms with Gasteiger partial charge < -0.3 is 14.5 Å². The smallest absolute Gasteiger partial charge is 0.358 e. The van der Waals surface area contributed by atoms with Crippen LogP contribution in [0.1, 0.15) is 23.8 Å². The maximum atomic E-state index is 11.9. The number of hydrogen-bond acceptors (Lipinski definition) is 3. The highest BCUT2D eigenvalue weighted by molar-refractivity contribution is 9.09. The van der Waals surface area contributed by atoms with Crippen molar-refractivity contribution >= 4 is 32.8 Å². The number of fused-ring (bicyclic) bond motifs is 1. The van der Waals surface area contributed by atoms with E-state index in [1.165, 1.54) is 0 Å². The molecule has 0 radical (unpaired) electrons. The Hall–Kier alpha value is -1.49. The summed E-state index contributed by atoms with van der Waals surface area (Å²) in [6.45, 7) is 2.68. The van der Waals surface area contributed by atoms with Crippen LogP contribution in [-0.2, 0) is 4.74 Å². The highest BCUT2D eigenvalue weighted by Gasteiger charge is 2.19. The summed E-state index contributed by atoms with van der Waals surface area (Å²) in [5.74, 6) is 0.197. The molecule has 1 aromatic heterocycles. The SMILES string of the molecule is CCOC(=O)c1[nH]c2ccccc2c1OCCCBr. The van der Waals surface area contributed by atoms with Crippen molar-refractivity contribution in [1.82, 2.24) is 4.98 Å². The number of carbonyl (C=O) groups excluding carboxylic acids is 1. The molecular weight excluding hydrogens is 310 g/mol. The lowest BCUT2D eigenvalue weighted by molar-refractivity contribution is 0.0516. The molecule has 2 aromatic rings. The third-order valence-electron chi connectivity index (χ3n) is 2.66. The molecule has 0 aliphatic heterocycles. The van der Waals surface area contributed by atoms with Gasteiger partial charge in [-0.15, -0.1) is 0 Å². The summed E-state index contributed by atoms with van der Waals surface area (Å²) in [5, 5.41) is 1.77. The highest BCUT2D eigenvalue weighted by atomic mass is 79.9. The third kappa shape index (κ3) is 3.10. The summed E-state index contributed by atoms with van der Waals surface area (Å²) in [7, 11) is 0. The van der Waals surface area contributed by atoms with E-state index >= 15 is 0 Å². The first-order chi connectivity index (χ1) is 9.27. The van der Waals surface area contributed by atoms with Gasteiger partial charge >= 0.3 is 5.97 Å². The molecule has 0 atom stereocenters. The summed E-state index contributed by atoms with van der Waals surface area (Å²) in [6, 6.07) is 7.67. The number of halogens is 1. The minimum atomic E-state index is -0.382. The van der Waals surface area contributed by atoms with Crippen LogP contribution in [0.4, 0.5) is 0 Å². The van der Waals surface area contributed by atoms with Crippen molar-refractivity contribution in [2.24, 2.45) is 0 Å². The van der Waals surface area contributed by atoms with E-state index in [1.54, 1.807) is 6.92 Å². The summed E-state index contributed by atoms with van der Waals surface area (Å²) < 4.78 is 10.8. The van der Waals surface area contributed by atoms with E-state index in [-0.39, 0.29) is 5.97 Å². The molecule has 0 bridgehead atoms. The molecule has 0 amide bonds. The van der Waals surface area contributed by atoms with Crippen LogP contribution in [0.15, 0.2) is 24.3 Å².